The van der Waals surface area contributed by atoms with E-state index in [2.05, 4.69) is 4.74 Å². The van der Waals surface area contributed by atoms with Gasteiger partial charge in [0.1, 0.15) is 17.8 Å². The van der Waals surface area contributed by atoms with Gasteiger partial charge in [0.15, 0.2) is 5.75 Å². The Kier molecular flexibility index (Phi) is 5.39. The Bertz CT molecular complexity index is 426. The third-order valence-electron chi connectivity index (χ3n) is 1.68. The van der Waals surface area contributed by atoms with Gasteiger partial charge >= 0.3 is 5.97 Å². The summed E-state index contributed by atoms with van der Waals surface area (Å²) in [5.41, 5.74) is 0.194. The van der Waals surface area contributed by atoms with Crippen LogP contribution in [0.1, 0.15) is 10.4 Å². The maximum Gasteiger partial charge on any atom is 0.341 e. The minimum absolute atomic E-state index is 0.194. The summed E-state index contributed by atoms with van der Waals surface area (Å²) in [4.78, 5) is 11.5. The van der Waals surface area contributed by atoms with E-state index in [0.29, 0.717) is 5.02 Å². The number of benzene rings is 1. The molecule has 0 saturated heterocycles. The van der Waals surface area contributed by atoms with Gasteiger partial charge in [0.2, 0.25) is 0 Å². The molecule has 0 atom stereocenters. The van der Waals surface area contributed by atoms with Gasteiger partial charge in [0, 0.05) is 19.1 Å². The molecule has 0 saturated carbocycles. The van der Waals surface area contributed by atoms with Crippen LogP contribution < -0.4 is 4.18 Å². The lowest BCUT2D eigenvalue weighted by molar-refractivity contribution is 0.0599. The van der Waals surface area contributed by atoms with Gasteiger partial charge in [-0.3, -0.25) is 0 Å². The van der Waals surface area contributed by atoms with Crippen molar-refractivity contribution < 1.29 is 13.7 Å². The highest BCUT2D eigenvalue weighted by atomic mass is 35.5. The summed E-state index contributed by atoms with van der Waals surface area (Å²) < 4.78 is 11.7. The lowest BCUT2D eigenvalue weighted by Gasteiger charge is -2.13. The Morgan fingerprint density at radius 2 is 2.00 bits per heavy atom. The van der Waals surface area contributed by atoms with Crippen molar-refractivity contribution >= 4 is 41.4 Å². The molecule has 4 nitrogen and oxygen atoms in total. The highest BCUT2D eigenvalue weighted by Gasteiger charge is 2.18. The SMILES string of the molecule is COC(=O)c1cc(Cl)cc(Cl)c1OSN(C)C. The molecule has 0 radical (unpaired) electrons. The van der Waals surface area contributed by atoms with Crippen molar-refractivity contribution in [3.63, 3.8) is 0 Å². The number of nitrogens with zero attached hydrogens (tertiary/aromatic N) is 1. The fraction of sp³-hybridized carbons (Fsp3) is 0.300. The van der Waals surface area contributed by atoms with Gasteiger partial charge in [-0.05, 0) is 12.1 Å². The molecule has 1 aromatic carbocycles. The fourth-order valence-corrected chi connectivity index (χ4v) is 2.00. The number of esters is 1. The van der Waals surface area contributed by atoms with E-state index in [9.17, 15) is 4.79 Å². The topological polar surface area (TPSA) is 38.8 Å². The molecule has 17 heavy (non-hydrogen) atoms. The third-order valence-corrected chi connectivity index (χ3v) is 2.72. The highest BCUT2D eigenvalue weighted by molar-refractivity contribution is 7.92. The zero-order chi connectivity index (χ0) is 13.0. The first-order chi connectivity index (χ1) is 7.95. The molecule has 0 unspecified atom stereocenters. The van der Waals surface area contributed by atoms with Gasteiger partial charge in [0.05, 0.1) is 12.1 Å². The van der Waals surface area contributed by atoms with Crippen LogP contribution >= 0.6 is 35.4 Å². The number of ether oxygens (including phenoxy) is 1. The number of rotatable bonds is 4. The zero-order valence-corrected chi connectivity index (χ0v) is 11.8. The molecule has 0 N–H and O–H groups in total. The van der Waals surface area contributed by atoms with Crippen LogP contribution in [0.5, 0.6) is 5.75 Å². The predicted molar refractivity (Wildman–Crippen MR) is 69.7 cm³/mol. The summed E-state index contributed by atoms with van der Waals surface area (Å²) in [6, 6.07) is 2.95. The average molecular weight is 296 g/mol. The molecule has 0 aliphatic carbocycles. The summed E-state index contributed by atoms with van der Waals surface area (Å²) in [7, 11) is 4.87. The minimum atomic E-state index is -0.552. The molecule has 7 heteroatoms. The summed E-state index contributed by atoms with van der Waals surface area (Å²) in [6.45, 7) is 0. The molecular formula is C10H11Cl2NO3S. The van der Waals surface area contributed by atoms with Gasteiger partial charge in [0.25, 0.3) is 0 Å². The standard InChI is InChI=1S/C10H11Cl2NO3S/c1-13(2)17-16-9-7(10(14)15-3)4-6(11)5-8(9)12/h4-5H,1-3H3. The number of carbonyl (C=O) groups excluding carboxylic acids is 1. The number of hydrogen-bond acceptors (Lipinski definition) is 5. The first-order valence-corrected chi connectivity index (χ1v) is 6.00. The van der Waals surface area contributed by atoms with Crippen LogP contribution in [-0.4, -0.2) is 31.5 Å². The molecule has 0 spiro atoms. The summed E-state index contributed by atoms with van der Waals surface area (Å²) >= 11 is 12.8. The van der Waals surface area contributed by atoms with Gasteiger partial charge in [-0.25, -0.2) is 9.10 Å². The molecule has 1 rings (SSSR count). The van der Waals surface area contributed by atoms with Gasteiger partial charge in [-0.15, -0.1) is 0 Å². The van der Waals surface area contributed by atoms with Crippen molar-refractivity contribution in [3.8, 4) is 5.75 Å². The summed E-state index contributed by atoms with van der Waals surface area (Å²) in [5.74, 6) is -0.314. The molecule has 0 amide bonds. The smallest absolute Gasteiger partial charge is 0.341 e. The molecule has 0 aliphatic heterocycles. The van der Waals surface area contributed by atoms with Crippen molar-refractivity contribution in [2.24, 2.45) is 0 Å². The van der Waals surface area contributed by atoms with Gasteiger partial charge < -0.3 is 8.92 Å². The van der Waals surface area contributed by atoms with Gasteiger partial charge in [-0.1, -0.05) is 23.2 Å². The predicted octanol–water partition coefficient (Wildman–Crippen LogP) is 3.28. The summed E-state index contributed by atoms with van der Waals surface area (Å²) in [6.07, 6.45) is 0. The molecule has 0 aromatic heterocycles. The lowest BCUT2D eigenvalue weighted by atomic mass is 10.2. The third kappa shape index (κ3) is 3.96. The lowest BCUT2D eigenvalue weighted by Crippen LogP contribution is -2.07. The quantitative estimate of drug-likeness (QED) is 0.484. The molecule has 0 bridgehead atoms. The summed E-state index contributed by atoms with van der Waals surface area (Å²) in [5, 5.41) is 0.602. The highest BCUT2D eigenvalue weighted by Crippen LogP contribution is 2.35. The second-order valence-corrected chi connectivity index (χ2v) is 5.12. The average Bonchev–Trinajstić information content (AvgIpc) is 2.25. The minimum Gasteiger partial charge on any atom is -0.465 e. The second-order valence-electron chi connectivity index (χ2n) is 3.23. The molecule has 1 aromatic rings. The number of hydrogen-bond donors (Lipinski definition) is 0. The van der Waals surface area contributed by atoms with Gasteiger partial charge in [-0.2, -0.15) is 0 Å². The Hall–Kier alpha value is -0.620. The Morgan fingerprint density at radius 3 is 2.53 bits per heavy atom. The van der Waals surface area contributed by atoms with Crippen LogP contribution in [0.2, 0.25) is 10.0 Å². The van der Waals surface area contributed by atoms with Crippen molar-refractivity contribution in [2.75, 3.05) is 21.2 Å². The van der Waals surface area contributed by atoms with Crippen LogP contribution in [-0.2, 0) is 4.74 Å². The van der Waals surface area contributed by atoms with E-state index in [1.54, 1.807) is 18.4 Å². The largest absolute Gasteiger partial charge is 0.465 e. The van der Waals surface area contributed by atoms with E-state index in [4.69, 9.17) is 27.4 Å². The van der Waals surface area contributed by atoms with E-state index in [0.717, 1.165) is 12.2 Å². The Morgan fingerprint density at radius 1 is 1.35 bits per heavy atom. The zero-order valence-electron chi connectivity index (χ0n) is 9.49. The number of methoxy groups -OCH3 is 1. The second kappa shape index (κ2) is 6.35. The van der Waals surface area contributed by atoms with E-state index in [-0.39, 0.29) is 16.3 Å². The monoisotopic (exact) mass is 295 g/mol. The maximum atomic E-state index is 11.5. The van der Waals surface area contributed by atoms with Crippen molar-refractivity contribution in [2.45, 2.75) is 0 Å². The number of carbonyl (C=O) groups is 1. The molecule has 94 valence electrons. The van der Waals surface area contributed by atoms with Crippen LogP contribution in [0, 0.1) is 0 Å². The maximum absolute atomic E-state index is 11.5. The first kappa shape index (κ1) is 14.4. The van der Waals surface area contributed by atoms with E-state index < -0.39 is 5.97 Å². The number of halogens is 2. The van der Waals surface area contributed by atoms with Crippen LogP contribution in [0.15, 0.2) is 12.1 Å². The normalized spacial score (nSPS) is 10.5. The molecule has 0 heterocycles. The van der Waals surface area contributed by atoms with Crippen molar-refractivity contribution in [1.82, 2.24) is 4.31 Å². The Balaban J connectivity index is 3.11. The molecule has 0 aliphatic rings. The van der Waals surface area contributed by atoms with Crippen LogP contribution in [0.4, 0.5) is 0 Å². The van der Waals surface area contributed by atoms with Crippen LogP contribution in [0.3, 0.4) is 0 Å². The molecule has 0 fully saturated rings. The van der Waals surface area contributed by atoms with Crippen molar-refractivity contribution in [1.29, 1.82) is 0 Å². The van der Waals surface area contributed by atoms with E-state index >= 15 is 0 Å². The molecular weight excluding hydrogens is 285 g/mol. The van der Waals surface area contributed by atoms with E-state index in [1.807, 2.05) is 0 Å². The van der Waals surface area contributed by atoms with Crippen LogP contribution in [0.25, 0.3) is 0 Å². The van der Waals surface area contributed by atoms with Crippen molar-refractivity contribution in [3.05, 3.63) is 27.7 Å². The van der Waals surface area contributed by atoms with E-state index in [1.165, 1.54) is 19.2 Å². The first-order valence-electron chi connectivity index (χ1n) is 4.55. The fourth-order valence-electron chi connectivity index (χ4n) is 1.02. The Labute approximate surface area is 114 Å².